The molecule has 5 nitrogen and oxygen atoms in total. The molecule has 0 aliphatic heterocycles. The van der Waals surface area contributed by atoms with Crippen LogP contribution in [0, 0.1) is 0 Å². The van der Waals surface area contributed by atoms with Gasteiger partial charge in [0.05, 0.1) is 21.6 Å². The lowest BCUT2D eigenvalue weighted by atomic mass is 10.1. The Morgan fingerprint density at radius 3 is 2.91 bits per heavy atom. The second-order valence-corrected chi connectivity index (χ2v) is 7.42. The molecule has 1 fully saturated rings. The van der Waals surface area contributed by atoms with Crippen LogP contribution in [-0.4, -0.2) is 27.3 Å². The van der Waals surface area contributed by atoms with Gasteiger partial charge in [0.25, 0.3) is 0 Å². The van der Waals surface area contributed by atoms with Gasteiger partial charge in [0.2, 0.25) is 5.91 Å². The number of ketones is 1. The Morgan fingerprint density at radius 1 is 1.35 bits per heavy atom. The topological polar surface area (TPSA) is 64.0 Å². The van der Waals surface area contributed by atoms with E-state index in [0.29, 0.717) is 9.21 Å². The van der Waals surface area contributed by atoms with Crippen LogP contribution in [0.4, 0.5) is 0 Å². The predicted octanol–water partition coefficient (Wildman–Crippen LogP) is 3.47. The number of aromatic nitrogens is 2. The van der Waals surface area contributed by atoms with Crippen molar-refractivity contribution >= 4 is 34.6 Å². The minimum Gasteiger partial charge on any atom is -0.351 e. The van der Waals surface area contributed by atoms with Gasteiger partial charge in [-0.3, -0.25) is 9.59 Å². The molecule has 122 valence electrons. The first-order chi connectivity index (χ1) is 11.1. The van der Waals surface area contributed by atoms with E-state index >= 15 is 0 Å². The molecule has 0 saturated heterocycles. The predicted molar refractivity (Wildman–Crippen MR) is 89.9 cm³/mol. The zero-order chi connectivity index (χ0) is 16.2. The lowest BCUT2D eigenvalue weighted by Gasteiger charge is -2.22. The van der Waals surface area contributed by atoms with Gasteiger partial charge in [-0.25, -0.2) is 4.98 Å². The highest BCUT2D eigenvalue weighted by atomic mass is 35.5. The first-order valence-corrected chi connectivity index (χ1v) is 8.88. The Bertz CT molecular complexity index is 683. The molecule has 1 aliphatic carbocycles. The molecule has 2 unspecified atom stereocenters. The van der Waals surface area contributed by atoms with Gasteiger partial charge < -0.3 is 9.88 Å². The van der Waals surface area contributed by atoms with Crippen LogP contribution in [0.2, 0.25) is 4.34 Å². The molecule has 3 rings (SSSR count). The van der Waals surface area contributed by atoms with Crippen LogP contribution in [0.5, 0.6) is 0 Å². The van der Waals surface area contributed by atoms with Crippen LogP contribution < -0.4 is 5.32 Å². The molecule has 1 N–H and O–H groups in total. The van der Waals surface area contributed by atoms with Gasteiger partial charge in [0.1, 0.15) is 0 Å². The summed E-state index contributed by atoms with van der Waals surface area (Å²) in [7, 11) is 0. The number of carbonyl (C=O) groups is 2. The second kappa shape index (κ2) is 7.27. The zero-order valence-corrected chi connectivity index (χ0v) is 14.1. The number of hydrogen-bond acceptors (Lipinski definition) is 4. The number of nitrogens with one attached hydrogen (secondary N) is 1. The molecule has 7 heteroatoms. The van der Waals surface area contributed by atoms with Gasteiger partial charge in [-0.15, -0.1) is 11.3 Å². The molecule has 2 aromatic rings. The molecular weight excluding hydrogens is 334 g/mol. The molecule has 2 atom stereocenters. The quantitative estimate of drug-likeness (QED) is 0.810. The van der Waals surface area contributed by atoms with Gasteiger partial charge >= 0.3 is 0 Å². The highest BCUT2D eigenvalue weighted by molar-refractivity contribution is 7.18. The van der Waals surface area contributed by atoms with Crippen molar-refractivity contribution in [1.82, 2.24) is 14.9 Å². The number of thiophene rings is 1. The number of rotatable bonds is 6. The fraction of sp³-hybridized carbons (Fsp3) is 0.438. The minimum atomic E-state index is -0.0713. The normalized spacial score (nSPS) is 20.6. The van der Waals surface area contributed by atoms with Crippen LogP contribution in [0.1, 0.15) is 47.8 Å². The standard InChI is InChI=1S/C16H18ClN3O2S/c17-15-6-5-14(23-15)13(21)4-7-16(22)19-11-2-1-3-12(11)20-9-8-18-10-20/h5-6,8-12H,1-4,7H2,(H,19,22). The van der Waals surface area contributed by atoms with Crippen molar-refractivity contribution < 1.29 is 9.59 Å². The highest BCUT2D eigenvalue weighted by Crippen LogP contribution is 2.30. The molecule has 1 saturated carbocycles. The minimum absolute atomic E-state index is 0.0327. The first kappa shape index (κ1) is 16.2. The van der Waals surface area contributed by atoms with Crippen molar-refractivity contribution in [3.05, 3.63) is 40.1 Å². The van der Waals surface area contributed by atoms with Gasteiger partial charge in [0, 0.05) is 31.3 Å². The molecular formula is C16H18ClN3O2S. The van der Waals surface area contributed by atoms with E-state index in [9.17, 15) is 9.59 Å². The summed E-state index contributed by atoms with van der Waals surface area (Å²) in [5, 5.41) is 3.07. The largest absolute Gasteiger partial charge is 0.351 e. The summed E-state index contributed by atoms with van der Waals surface area (Å²) < 4.78 is 2.64. The summed E-state index contributed by atoms with van der Waals surface area (Å²) >= 11 is 7.08. The van der Waals surface area contributed by atoms with Gasteiger partial charge in [0.15, 0.2) is 5.78 Å². The Hall–Kier alpha value is -1.66. The third kappa shape index (κ3) is 4.00. The smallest absolute Gasteiger partial charge is 0.220 e. The van der Waals surface area contributed by atoms with Crippen molar-refractivity contribution in [2.24, 2.45) is 0 Å². The second-order valence-electron chi connectivity index (χ2n) is 5.71. The fourth-order valence-electron chi connectivity index (χ4n) is 3.02. The van der Waals surface area contributed by atoms with E-state index in [0.717, 1.165) is 19.3 Å². The van der Waals surface area contributed by atoms with Crippen LogP contribution in [-0.2, 0) is 4.79 Å². The number of nitrogens with zero attached hydrogens (tertiary/aromatic N) is 2. The SMILES string of the molecule is O=C(CCC(=O)c1ccc(Cl)s1)NC1CCCC1n1ccnc1. The molecule has 1 aliphatic rings. The summed E-state index contributed by atoms with van der Waals surface area (Å²) in [5.74, 6) is -0.104. The van der Waals surface area contributed by atoms with Crippen molar-refractivity contribution in [1.29, 1.82) is 0 Å². The number of hydrogen-bond donors (Lipinski definition) is 1. The van der Waals surface area contributed by atoms with Gasteiger partial charge in [-0.2, -0.15) is 0 Å². The van der Waals surface area contributed by atoms with Gasteiger partial charge in [-0.1, -0.05) is 11.6 Å². The van der Waals surface area contributed by atoms with E-state index in [1.165, 1.54) is 11.3 Å². The van der Waals surface area contributed by atoms with Crippen LogP contribution in [0.15, 0.2) is 30.9 Å². The Labute approximate surface area is 143 Å². The number of amides is 1. The number of Topliss-reactive ketones (excluding diaryl/α,β-unsaturated/α-hetero) is 1. The van der Waals surface area contributed by atoms with Crippen molar-refractivity contribution in [3.63, 3.8) is 0 Å². The monoisotopic (exact) mass is 351 g/mol. The maximum atomic E-state index is 12.1. The molecule has 2 aromatic heterocycles. The molecule has 23 heavy (non-hydrogen) atoms. The maximum absolute atomic E-state index is 12.1. The van der Waals surface area contributed by atoms with Crippen LogP contribution in [0.3, 0.4) is 0 Å². The Kier molecular flexibility index (Phi) is 5.13. The van der Waals surface area contributed by atoms with Crippen molar-refractivity contribution in [3.8, 4) is 0 Å². The summed E-state index contributed by atoms with van der Waals surface area (Å²) in [4.78, 5) is 28.8. The van der Waals surface area contributed by atoms with Crippen molar-refractivity contribution in [2.45, 2.75) is 44.2 Å². The van der Waals surface area contributed by atoms with Crippen LogP contribution in [0.25, 0.3) is 0 Å². The molecule has 0 bridgehead atoms. The molecule has 2 heterocycles. The average molecular weight is 352 g/mol. The summed E-state index contributed by atoms with van der Waals surface area (Å²) in [5.41, 5.74) is 0. The van der Waals surface area contributed by atoms with E-state index < -0.39 is 0 Å². The summed E-state index contributed by atoms with van der Waals surface area (Å²) in [6, 6.07) is 3.78. The zero-order valence-electron chi connectivity index (χ0n) is 12.6. The fourth-order valence-corrected chi connectivity index (χ4v) is 4.04. The number of imidazole rings is 1. The average Bonchev–Trinajstić information content (AvgIpc) is 3.25. The summed E-state index contributed by atoms with van der Waals surface area (Å²) in [6.07, 6.45) is 8.98. The third-order valence-electron chi connectivity index (χ3n) is 4.16. The van der Waals surface area contributed by atoms with Gasteiger partial charge in [-0.05, 0) is 31.4 Å². The highest BCUT2D eigenvalue weighted by Gasteiger charge is 2.29. The lowest BCUT2D eigenvalue weighted by molar-refractivity contribution is -0.121. The lowest BCUT2D eigenvalue weighted by Crippen LogP contribution is -2.38. The summed E-state index contributed by atoms with van der Waals surface area (Å²) in [6.45, 7) is 0. The maximum Gasteiger partial charge on any atom is 0.220 e. The Morgan fingerprint density at radius 2 is 2.22 bits per heavy atom. The molecule has 0 spiro atoms. The molecule has 0 aromatic carbocycles. The van der Waals surface area contributed by atoms with Crippen molar-refractivity contribution in [2.75, 3.05) is 0 Å². The Balaban J connectivity index is 1.50. The molecule has 0 radical (unpaired) electrons. The van der Waals surface area contributed by atoms with Crippen LogP contribution >= 0.6 is 22.9 Å². The van der Waals surface area contributed by atoms with E-state index in [1.54, 1.807) is 24.7 Å². The number of carbonyl (C=O) groups excluding carboxylic acids is 2. The number of halogens is 1. The van der Waals surface area contributed by atoms with E-state index in [2.05, 4.69) is 14.9 Å². The molecule has 1 amide bonds. The van der Waals surface area contributed by atoms with E-state index in [-0.39, 0.29) is 36.6 Å². The first-order valence-electron chi connectivity index (χ1n) is 7.69. The third-order valence-corrected chi connectivity index (χ3v) is 5.43. The van der Waals surface area contributed by atoms with E-state index in [4.69, 9.17) is 11.6 Å². The van der Waals surface area contributed by atoms with E-state index in [1.807, 2.05) is 6.20 Å².